The lowest BCUT2D eigenvalue weighted by Gasteiger charge is -2.29. The molecule has 2 aliphatic heterocycles. The van der Waals surface area contributed by atoms with E-state index < -0.39 is 32.9 Å². The molecule has 1 unspecified atom stereocenters. The van der Waals surface area contributed by atoms with Gasteiger partial charge in [0, 0.05) is 37.7 Å². The van der Waals surface area contributed by atoms with Crippen LogP contribution in [0, 0.1) is 11.8 Å². The predicted molar refractivity (Wildman–Crippen MR) is 116 cm³/mol. The van der Waals surface area contributed by atoms with E-state index in [9.17, 15) is 13.2 Å². The summed E-state index contributed by atoms with van der Waals surface area (Å²) < 4.78 is 28.7. The van der Waals surface area contributed by atoms with Crippen molar-refractivity contribution in [3.8, 4) is 11.8 Å². The molecule has 1 N–H and O–H groups in total. The summed E-state index contributed by atoms with van der Waals surface area (Å²) in [5, 5.41) is 4.11. The Kier molecular flexibility index (Phi) is 7.36. The SMILES string of the molecule is CC#Cc1ccc(C2=NO[C@@H](C[C@](C)(C(=O)NOC3CCCCO3)S(C)(=O)=O)C2)cc1. The third kappa shape index (κ3) is 5.64. The molecule has 0 radical (unpaired) electrons. The number of sulfone groups is 1. The number of ether oxygens (including phenoxy) is 1. The van der Waals surface area contributed by atoms with Crippen molar-refractivity contribution in [2.75, 3.05) is 12.9 Å². The average Bonchev–Trinajstić information content (AvgIpc) is 3.21. The van der Waals surface area contributed by atoms with Gasteiger partial charge in [-0.3, -0.25) is 4.79 Å². The maximum absolute atomic E-state index is 12.8. The van der Waals surface area contributed by atoms with E-state index in [-0.39, 0.29) is 6.42 Å². The number of nitrogens with zero attached hydrogens (tertiary/aromatic N) is 1. The third-order valence-corrected chi connectivity index (χ3v) is 7.55. The lowest BCUT2D eigenvalue weighted by molar-refractivity contribution is -0.201. The van der Waals surface area contributed by atoms with Crippen molar-refractivity contribution >= 4 is 21.5 Å². The Bertz CT molecular complexity index is 987. The van der Waals surface area contributed by atoms with Crippen LogP contribution in [0.15, 0.2) is 29.4 Å². The first-order valence-corrected chi connectivity index (χ1v) is 12.2. The van der Waals surface area contributed by atoms with Crippen LogP contribution >= 0.6 is 0 Å². The van der Waals surface area contributed by atoms with E-state index in [1.54, 1.807) is 6.92 Å². The Balaban J connectivity index is 1.64. The van der Waals surface area contributed by atoms with Gasteiger partial charge in [0.2, 0.25) is 0 Å². The van der Waals surface area contributed by atoms with Crippen LogP contribution < -0.4 is 5.48 Å². The zero-order valence-electron chi connectivity index (χ0n) is 18.0. The number of hydrogen-bond acceptors (Lipinski definition) is 7. The van der Waals surface area contributed by atoms with Gasteiger partial charge in [0.1, 0.15) is 6.10 Å². The van der Waals surface area contributed by atoms with Gasteiger partial charge in [-0.2, -0.15) is 0 Å². The first kappa shape index (κ1) is 23.3. The third-order valence-electron chi connectivity index (χ3n) is 5.56. The van der Waals surface area contributed by atoms with Crippen molar-refractivity contribution in [1.82, 2.24) is 5.48 Å². The molecule has 3 rings (SSSR count). The summed E-state index contributed by atoms with van der Waals surface area (Å²) in [7, 11) is -3.78. The minimum Gasteiger partial charge on any atom is -0.392 e. The Labute approximate surface area is 183 Å². The van der Waals surface area contributed by atoms with Crippen LogP contribution in [-0.2, 0) is 29.0 Å². The fraction of sp³-hybridized carbons (Fsp3) is 0.545. The average molecular weight is 449 g/mol. The second-order valence-corrected chi connectivity index (χ2v) is 10.4. The zero-order chi connectivity index (χ0) is 22.5. The monoisotopic (exact) mass is 448 g/mol. The highest BCUT2D eigenvalue weighted by molar-refractivity contribution is 7.92. The molecular weight excluding hydrogens is 420 g/mol. The number of oxime groups is 1. The number of carbonyl (C=O) groups excluding carboxylic acids is 1. The van der Waals surface area contributed by atoms with Crippen LogP contribution in [0.1, 0.15) is 57.1 Å². The van der Waals surface area contributed by atoms with Crippen LogP contribution in [-0.4, -0.2) is 50.0 Å². The van der Waals surface area contributed by atoms with Gasteiger partial charge in [-0.15, -0.1) is 5.92 Å². The Morgan fingerprint density at radius 2 is 2.06 bits per heavy atom. The van der Waals surface area contributed by atoms with Crippen molar-refractivity contribution in [2.24, 2.45) is 5.16 Å². The molecule has 2 heterocycles. The van der Waals surface area contributed by atoms with Crippen molar-refractivity contribution < 1.29 is 27.6 Å². The summed E-state index contributed by atoms with van der Waals surface area (Å²) in [6.45, 7) is 3.70. The maximum atomic E-state index is 12.8. The largest absolute Gasteiger partial charge is 0.392 e. The van der Waals surface area contributed by atoms with Crippen LogP contribution in [0.4, 0.5) is 0 Å². The number of carbonyl (C=O) groups is 1. The van der Waals surface area contributed by atoms with Crippen molar-refractivity contribution in [3.05, 3.63) is 35.4 Å². The molecule has 1 aromatic rings. The van der Waals surface area contributed by atoms with E-state index in [1.165, 1.54) is 6.92 Å². The lowest BCUT2D eigenvalue weighted by atomic mass is 9.96. The van der Waals surface area contributed by atoms with Crippen molar-refractivity contribution in [3.63, 3.8) is 0 Å². The summed E-state index contributed by atoms with van der Waals surface area (Å²) in [4.78, 5) is 23.6. The molecule has 9 heteroatoms. The molecule has 0 aromatic heterocycles. The van der Waals surface area contributed by atoms with Crippen LogP contribution in [0.25, 0.3) is 0 Å². The molecule has 0 aliphatic carbocycles. The molecule has 1 saturated heterocycles. The molecule has 31 heavy (non-hydrogen) atoms. The summed E-state index contributed by atoms with van der Waals surface area (Å²) in [5.41, 5.74) is 4.75. The van der Waals surface area contributed by atoms with E-state index in [4.69, 9.17) is 14.4 Å². The first-order chi connectivity index (χ1) is 14.7. The molecule has 0 spiro atoms. The van der Waals surface area contributed by atoms with E-state index in [1.807, 2.05) is 24.3 Å². The molecule has 3 atom stereocenters. The van der Waals surface area contributed by atoms with Crippen molar-refractivity contribution in [1.29, 1.82) is 0 Å². The second-order valence-electron chi connectivity index (χ2n) is 7.97. The van der Waals surface area contributed by atoms with Gasteiger partial charge in [-0.25, -0.2) is 18.7 Å². The summed E-state index contributed by atoms with van der Waals surface area (Å²) >= 11 is 0. The Morgan fingerprint density at radius 1 is 1.32 bits per heavy atom. The molecule has 1 amide bonds. The first-order valence-electron chi connectivity index (χ1n) is 10.3. The van der Waals surface area contributed by atoms with Crippen LogP contribution in [0.3, 0.4) is 0 Å². The number of nitrogens with one attached hydrogen (secondary N) is 1. The highest BCUT2D eigenvalue weighted by Crippen LogP contribution is 2.29. The summed E-state index contributed by atoms with van der Waals surface area (Å²) in [5.74, 6) is 5.07. The highest BCUT2D eigenvalue weighted by atomic mass is 32.2. The lowest BCUT2D eigenvalue weighted by Crippen LogP contribution is -2.52. The van der Waals surface area contributed by atoms with E-state index in [0.717, 1.165) is 30.2 Å². The molecule has 0 saturated carbocycles. The zero-order valence-corrected chi connectivity index (χ0v) is 18.8. The number of amides is 1. The minimum absolute atomic E-state index is 0.0566. The molecule has 1 aromatic carbocycles. The van der Waals surface area contributed by atoms with Gasteiger partial charge >= 0.3 is 0 Å². The number of benzene rings is 1. The maximum Gasteiger partial charge on any atom is 0.264 e. The molecule has 168 valence electrons. The fourth-order valence-corrected chi connectivity index (χ4v) is 4.34. The van der Waals surface area contributed by atoms with E-state index in [0.29, 0.717) is 25.2 Å². The number of rotatable bonds is 7. The molecular formula is C22H28N2O6S. The van der Waals surface area contributed by atoms with Crippen molar-refractivity contribution in [2.45, 2.75) is 63.1 Å². The Morgan fingerprint density at radius 3 is 2.68 bits per heavy atom. The molecule has 0 bridgehead atoms. The van der Waals surface area contributed by atoms with Crippen LogP contribution in [0.2, 0.25) is 0 Å². The molecule has 1 fully saturated rings. The molecule has 2 aliphatic rings. The highest BCUT2D eigenvalue weighted by Gasteiger charge is 2.47. The predicted octanol–water partition coefficient (Wildman–Crippen LogP) is 2.32. The number of hydroxylamine groups is 1. The van der Waals surface area contributed by atoms with Gasteiger partial charge in [0.25, 0.3) is 5.91 Å². The molecule has 8 nitrogen and oxygen atoms in total. The fourth-order valence-electron chi connectivity index (χ4n) is 3.48. The summed E-state index contributed by atoms with van der Waals surface area (Å²) in [6, 6.07) is 7.57. The van der Waals surface area contributed by atoms with Gasteiger partial charge in [0.15, 0.2) is 20.9 Å². The Hall–Kier alpha value is -2.41. The van der Waals surface area contributed by atoms with Gasteiger partial charge in [-0.1, -0.05) is 23.2 Å². The van der Waals surface area contributed by atoms with E-state index in [2.05, 4.69) is 22.5 Å². The topological polar surface area (TPSA) is 103 Å². The number of hydrogen-bond donors (Lipinski definition) is 1. The second kappa shape index (κ2) is 9.81. The standard InChI is InChI=1S/C22H28N2O6S/c1-4-7-16-9-11-17(12-10-16)19-14-18(29-23-19)15-22(2,31(3,26)27)21(25)24-30-20-8-5-6-13-28-20/h9-12,18,20H,5-6,8,13-15H2,1-3H3,(H,24,25)/t18-,20?,22-/m1/s1. The van der Waals surface area contributed by atoms with Crippen LogP contribution in [0.5, 0.6) is 0 Å². The normalized spacial score (nSPS) is 23.0. The van der Waals surface area contributed by atoms with E-state index >= 15 is 0 Å². The van der Waals surface area contributed by atoms with Gasteiger partial charge in [-0.05, 0) is 44.4 Å². The van der Waals surface area contributed by atoms with Gasteiger partial charge < -0.3 is 9.57 Å². The minimum atomic E-state index is -3.78. The van der Waals surface area contributed by atoms with Gasteiger partial charge in [0.05, 0.1) is 5.71 Å². The smallest absolute Gasteiger partial charge is 0.264 e. The summed E-state index contributed by atoms with van der Waals surface area (Å²) in [6.07, 6.45) is 2.75. The quantitative estimate of drug-likeness (QED) is 0.507.